The number of nitrogens with zero attached hydrogens (tertiary/aromatic N) is 3. The number of amides is 3. The number of imide groups is 1. The second-order valence-corrected chi connectivity index (χ2v) is 7.28. The fourth-order valence-corrected chi connectivity index (χ4v) is 3.22. The maximum Gasteiger partial charge on any atom is 0.405 e. The number of aromatic nitrogens is 3. The molecule has 152 valence electrons. The van der Waals surface area contributed by atoms with E-state index in [-0.39, 0.29) is 0 Å². The molecule has 11 heteroatoms. The Hall–Kier alpha value is -2.56. The summed E-state index contributed by atoms with van der Waals surface area (Å²) in [6, 6.07) is 6.53. The van der Waals surface area contributed by atoms with E-state index in [1.165, 1.54) is 6.92 Å². The number of halogens is 3. The Balaban J connectivity index is 2.04. The van der Waals surface area contributed by atoms with E-state index in [1.807, 2.05) is 48.0 Å². The number of benzene rings is 1. The quantitative estimate of drug-likeness (QED) is 0.708. The number of hydrogen-bond acceptors (Lipinski definition) is 5. The first-order chi connectivity index (χ1) is 13.1. The average Bonchev–Trinajstić information content (AvgIpc) is 3.01. The minimum absolute atomic E-state index is 0.470. The molecule has 28 heavy (non-hydrogen) atoms. The molecule has 7 nitrogen and oxygen atoms in total. The van der Waals surface area contributed by atoms with Crippen molar-refractivity contribution < 1.29 is 22.8 Å². The number of rotatable bonds is 6. The number of alkyl halides is 3. The lowest BCUT2D eigenvalue weighted by molar-refractivity contribution is -0.124. The maximum atomic E-state index is 12.1. The Labute approximate surface area is 164 Å². The van der Waals surface area contributed by atoms with Crippen LogP contribution < -0.4 is 10.6 Å². The fourth-order valence-electron chi connectivity index (χ4n) is 2.31. The smallest absolute Gasteiger partial charge is 0.329 e. The van der Waals surface area contributed by atoms with Crippen LogP contribution in [0.2, 0.25) is 0 Å². The number of thioether (sulfide) groups is 1. The van der Waals surface area contributed by atoms with E-state index in [4.69, 9.17) is 0 Å². The summed E-state index contributed by atoms with van der Waals surface area (Å²) in [5, 5.41) is 11.5. The largest absolute Gasteiger partial charge is 0.405 e. The number of nitrogens with one attached hydrogen (secondary N) is 2. The Morgan fingerprint density at radius 1 is 1.29 bits per heavy atom. The molecule has 1 unspecified atom stereocenters. The van der Waals surface area contributed by atoms with Crippen molar-refractivity contribution in [3.63, 3.8) is 0 Å². The minimum Gasteiger partial charge on any atom is -0.329 e. The molecule has 2 rings (SSSR count). The van der Waals surface area contributed by atoms with Crippen molar-refractivity contribution in [3.8, 4) is 11.4 Å². The van der Waals surface area contributed by atoms with E-state index in [0.717, 1.165) is 22.9 Å². The van der Waals surface area contributed by atoms with Crippen molar-refractivity contribution in [1.29, 1.82) is 0 Å². The van der Waals surface area contributed by atoms with Crippen molar-refractivity contribution in [1.82, 2.24) is 25.4 Å². The van der Waals surface area contributed by atoms with Crippen molar-refractivity contribution in [2.75, 3.05) is 6.54 Å². The number of urea groups is 1. The maximum absolute atomic E-state index is 12.1. The van der Waals surface area contributed by atoms with Crippen LogP contribution in [0.1, 0.15) is 19.4 Å². The van der Waals surface area contributed by atoms with Gasteiger partial charge in [-0.15, -0.1) is 10.2 Å². The molecule has 1 heterocycles. The standard InChI is InChI=1S/C17H20F3N5O2S/c1-4-25-13(12-7-5-6-10(2)8-12)23-24-16(25)28-11(3)14(26)22-15(27)21-9-17(18,19)20/h5-8,11H,4,9H2,1-3H3,(H2,21,22,26,27). The summed E-state index contributed by atoms with van der Waals surface area (Å²) in [6.45, 7) is 4.43. The van der Waals surface area contributed by atoms with Gasteiger partial charge in [0.25, 0.3) is 0 Å². The predicted molar refractivity (Wildman–Crippen MR) is 98.8 cm³/mol. The molecule has 0 aliphatic rings. The molecular weight excluding hydrogens is 395 g/mol. The predicted octanol–water partition coefficient (Wildman–Crippen LogP) is 3.14. The van der Waals surface area contributed by atoms with Gasteiger partial charge in [0.2, 0.25) is 5.91 Å². The zero-order chi connectivity index (χ0) is 20.9. The van der Waals surface area contributed by atoms with Crippen LogP contribution in [-0.4, -0.2) is 44.7 Å². The number of aryl methyl sites for hydroxylation is 1. The monoisotopic (exact) mass is 415 g/mol. The van der Waals surface area contributed by atoms with Crippen LogP contribution in [0.5, 0.6) is 0 Å². The van der Waals surface area contributed by atoms with Crippen molar-refractivity contribution in [2.24, 2.45) is 0 Å². The lowest BCUT2D eigenvalue weighted by Crippen LogP contribution is -2.45. The highest BCUT2D eigenvalue weighted by Crippen LogP contribution is 2.27. The first-order valence-corrected chi connectivity index (χ1v) is 9.31. The van der Waals surface area contributed by atoms with Crippen LogP contribution in [0.25, 0.3) is 11.4 Å². The highest BCUT2D eigenvalue weighted by molar-refractivity contribution is 8.00. The first-order valence-electron chi connectivity index (χ1n) is 8.43. The molecule has 2 aromatic rings. The summed E-state index contributed by atoms with van der Waals surface area (Å²) in [5.41, 5.74) is 1.94. The third-order valence-electron chi connectivity index (χ3n) is 3.65. The van der Waals surface area contributed by atoms with Crippen molar-refractivity contribution >= 4 is 23.7 Å². The molecule has 0 saturated carbocycles. The molecule has 0 aliphatic heterocycles. The van der Waals surface area contributed by atoms with Crippen LogP contribution in [-0.2, 0) is 11.3 Å². The molecule has 2 N–H and O–H groups in total. The van der Waals surface area contributed by atoms with Gasteiger partial charge in [0.1, 0.15) is 6.54 Å². The third-order valence-corrected chi connectivity index (χ3v) is 4.73. The molecule has 1 aromatic carbocycles. The van der Waals surface area contributed by atoms with Gasteiger partial charge >= 0.3 is 12.2 Å². The molecule has 0 spiro atoms. The SMILES string of the molecule is CCn1c(SC(C)C(=O)NC(=O)NCC(F)(F)F)nnc1-c1cccc(C)c1. The molecule has 3 amide bonds. The average molecular weight is 415 g/mol. The zero-order valence-electron chi connectivity index (χ0n) is 15.5. The first kappa shape index (κ1) is 21.7. The molecule has 1 atom stereocenters. The van der Waals surface area contributed by atoms with Gasteiger partial charge in [0, 0.05) is 12.1 Å². The van der Waals surface area contributed by atoms with Gasteiger partial charge in [0.05, 0.1) is 5.25 Å². The molecule has 1 aromatic heterocycles. The highest BCUT2D eigenvalue weighted by atomic mass is 32.2. The van der Waals surface area contributed by atoms with E-state index in [2.05, 4.69) is 10.2 Å². The number of carbonyl (C=O) groups excluding carboxylic acids is 2. The number of carbonyl (C=O) groups is 2. The Bertz CT molecular complexity index is 854. The van der Waals surface area contributed by atoms with Gasteiger partial charge in [-0.3, -0.25) is 10.1 Å². The van der Waals surface area contributed by atoms with Gasteiger partial charge in [-0.05, 0) is 26.8 Å². The Morgan fingerprint density at radius 2 is 2.00 bits per heavy atom. The lowest BCUT2D eigenvalue weighted by atomic mass is 10.1. The summed E-state index contributed by atoms with van der Waals surface area (Å²) >= 11 is 1.06. The fraction of sp³-hybridized carbons (Fsp3) is 0.412. The van der Waals surface area contributed by atoms with Gasteiger partial charge in [-0.25, -0.2) is 4.79 Å². The molecule has 0 radical (unpaired) electrons. The summed E-state index contributed by atoms with van der Waals surface area (Å²) in [6.07, 6.45) is -4.55. The Morgan fingerprint density at radius 3 is 2.61 bits per heavy atom. The zero-order valence-corrected chi connectivity index (χ0v) is 16.3. The molecule has 0 bridgehead atoms. The van der Waals surface area contributed by atoms with E-state index in [0.29, 0.717) is 17.5 Å². The van der Waals surface area contributed by atoms with Crippen LogP contribution in [0.3, 0.4) is 0 Å². The van der Waals surface area contributed by atoms with E-state index < -0.39 is 29.9 Å². The third kappa shape index (κ3) is 5.98. The molecule has 0 fully saturated rings. The summed E-state index contributed by atoms with van der Waals surface area (Å²) in [7, 11) is 0. The summed E-state index contributed by atoms with van der Waals surface area (Å²) in [4.78, 5) is 23.5. The minimum atomic E-state index is -4.55. The second kappa shape index (κ2) is 9.09. The van der Waals surface area contributed by atoms with Gasteiger partial charge < -0.3 is 9.88 Å². The number of hydrogen-bond donors (Lipinski definition) is 2. The van der Waals surface area contributed by atoms with Gasteiger partial charge in [-0.2, -0.15) is 13.2 Å². The highest BCUT2D eigenvalue weighted by Gasteiger charge is 2.28. The van der Waals surface area contributed by atoms with Crippen molar-refractivity contribution in [3.05, 3.63) is 29.8 Å². The second-order valence-electron chi connectivity index (χ2n) is 5.97. The van der Waals surface area contributed by atoms with Gasteiger partial charge in [-0.1, -0.05) is 35.5 Å². The van der Waals surface area contributed by atoms with Gasteiger partial charge in [0.15, 0.2) is 11.0 Å². The van der Waals surface area contributed by atoms with Crippen LogP contribution >= 0.6 is 11.8 Å². The lowest BCUT2D eigenvalue weighted by Gasteiger charge is -2.13. The van der Waals surface area contributed by atoms with E-state index in [1.54, 1.807) is 5.32 Å². The van der Waals surface area contributed by atoms with E-state index >= 15 is 0 Å². The molecular formula is C17H20F3N5O2S. The Kier molecular flexibility index (Phi) is 7.05. The topological polar surface area (TPSA) is 88.9 Å². The van der Waals surface area contributed by atoms with Crippen LogP contribution in [0.15, 0.2) is 29.4 Å². The van der Waals surface area contributed by atoms with Crippen molar-refractivity contribution in [2.45, 2.75) is 43.9 Å². The van der Waals surface area contributed by atoms with Crippen LogP contribution in [0, 0.1) is 6.92 Å². The molecule has 0 saturated heterocycles. The van der Waals surface area contributed by atoms with E-state index in [9.17, 15) is 22.8 Å². The van der Waals surface area contributed by atoms with Crippen LogP contribution in [0.4, 0.5) is 18.0 Å². The molecule has 0 aliphatic carbocycles. The summed E-state index contributed by atoms with van der Waals surface area (Å²) in [5.74, 6) is -0.0864. The summed E-state index contributed by atoms with van der Waals surface area (Å²) < 4.78 is 38.1. The normalized spacial score (nSPS) is 12.5.